The van der Waals surface area contributed by atoms with Gasteiger partial charge in [-0.1, -0.05) is 0 Å². The molecule has 0 saturated carbocycles. The van der Waals surface area contributed by atoms with Crippen LogP contribution in [0.4, 0.5) is 0 Å². The van der Waals surface area contributed by atoms with Gasteiger partial charge in [0, 0.05) is 54.4 Å². The van der Waals surface area contributed by atoms with Gasteiger partial charge in [0.2, 0.25) is 0 Å². The van der Waals surface area contributed by atoms with Crippen LogP contribution in [0.1, 0.15) is 30.5 Å². The first-order valence-electron chi connectivity index (χ1n) is 10.6. The molecule has 6 heteroatoms. The third-order valence-corrected chi connectivity index (χ3v) is 5.90. The van der Waals surface area contributed by atoms with Crippen molar-refractivity contribution in [3.05, 3.63) is 71.9 Å². The lowest BCUT2D eigenvalue weighted by Crippen LogP contribution is -2.28. The minimum absolute atomic E-state index is 0.805. The van der Waals surface area contributed by atoms with Gasteiger partial charge in [-0.25, -0.2) is 9.97 Å². The molecule has 0 radical (unpaired) electrons. The SMILES string of the molecule is C1=CC=C(N2CCCCC2)c2cc(-c3n[nH]c4ccc(-c5cc#cnc5)nc34)[nH]c2C=1. The van der Waals surface area contributed by atoms with Gasteiger partial charge in [-0.15, -0.1) is 5.73 Å². The quantitative estimate of drug-likeness (QED) is 0.489. The van der Waals surface area contributed by atoms with E-state index in [0.717, 1.165) is 52.5 Å². The Bertz CT molecular complexity index is 1350. The number of rotatable bonds is 3. The summed E-state index contributed by atoms with van der Waals surface area (Å²) in [5, 5.41) is 7.69. The van der Waals surface area contributed by atoms with Gasteiger partial charge < -0.3 is 9.88 Å². The lowest BCUT2D eigenvalue weighted by atomic mass is 10.1. The summed E-state index contributed by atoms with van der Waals surface area (Å²) in [5.74, 6) is 0. The van der Waals surface area contributed by atoms with Crippen LogP contribution in [0, 0.1) is 12.3 Å². The van der Waals surface area contributed by atoms with E-state index in [1.54, 1.807) is 6.20 Å². The van der Waals surface area contributed by atoms with E-state index in [1.165, 1.54) is 30.5 Å². The summed E-state index contributed by atoms with van der Waals surface area (Å²) in [6, 6.07) is 10.9. The monoisotopic (exact) mass is 404 g/mol. The maximum Gasteiger partial charge on any atom is 0.135 e. The number of allylic oxidation sites excluding steroid dienone is 2. The lowest BCUT2D eigenvalue weighted by Gasteiger charge is -2.30. The van der Waals surface area contributed by atoms with Crippen LogP contribution < -0.4 is 0 Å². The van der Waals surface area contributed by atoms with Crippen molar-refractivity contribution in [2.75, 3.05) is 13.1 Å². The van der Waals surface area contributed by atoms with Gasteiger partial charge in [0.05, 0.1) is 22.6 Å². The van der Waals surface area contributed by atoms with Crippen molar-refractivity contribution in [3.8, 4) is 22.6 Å². The number of pyridine rings is 1. The Balaban J connectivity index is 1.44. The molecule has 2 N–H and O–H groups in total. The van der Waals surface area contributed by atoms with Gasteiger partial charge in [-0.3, -0.25) is 5.10 Å². The largest absolute Gasteiger partial charge is 0.371 e. The molecule has 1 aliphatic carbocycles. The summed E-state index contributed by atoms with van der Waals surface area (Å²) < 4.78 is 0. The van der Waals surface area contributed by atoms with Crippen molar-refractivity contribution in [1.29, 1.82) is 0 Å². The highest BCUT2D eigenvalue weighted by Crippen LogP contribution is 2.34. The fourth-order valence-electron chi connectivity index (χ4n) is 4.36. The zero-order valence-corrected chi connectivity index (χ0v) is 16.9. The third kappa shape index (κ3) is 3.13. The minimum atomic E-state index is 0.805. The zero-order valence-electron chi connectivity index (χ0n) is 16.9. The van der Waals surface area contributed by atoms with Crippen molar-refractivity contribution < 1.29 is 0 Å². The fraction of sp³-hybridized carbons (Fsp3) is 0.200. The number of nitrogens with zero attached hydrogens (tertiary/aromatic N) is 4. The van der Waals surface area contributed by atoms with Crippen molar-refractivity contribution in [3.63, 3.8) is 0 Å². The van der Waals surface area contributed by atoms with Crippen LogP contribution in [0.25, 0.3) is 45.5 Å². The Morgan fingerprint density at radius 1 is 1.10 bits per heavy atom. The number of aromatic nitrogens is 5. The van der Waals surface area contributed by atoms with E-state index in [4.69, 9.17) is 4.98 Å². The third-order valence-electron chi connectivity index (χ3n) is 5.90. The first kappa shape index (κ1) is 17.8. The molecule has 150 valence electrons. The maximum absolute atomic E-state index is 4.87. The molecule has 0 aromatic carbocycles. The molecule has 5 heterocycles. The molecule has 1 fully saturated rings. The molecule has 0 spiro atoms. The number of hydrogen-bond donors (Lipinski definition) is 2. The second kappa shape index (κ2) is 7.32. The van der Waals surface area contributed by atoms with Crippen LogP contribution in [0.2, 0.25) is 0 Å². The highest BCUT2D eigenvalue weighted by atomic mass is 15.1. The van der Waals surface area contributed by atoms with E-state index in [-0.39, 0.29) is 0 Å². The normalized spacial score (nSPS) is 15.5. The van der Waals surface area contributed by atoms with Gasteiger partial charge in [0.25, 0.3) is 0 Å². The number of hydrogen-bond acceptors (Lipinski definition) is 4. The summed E-state index contributed by atoms with van der Waals surface area (Å²) in [5.41, 5.74) is 11.9. The number of likely N-dealkylation sites (tertiary alicyclic amines) is 1. The molecule has 0 atom stereocenters. The number of aromatic amines is 2. The molecule has 0 amide bonds. The van der Waals surface area contributed by atoms with Crippen LogP contribution in [-0.2, 0) is 0 Å². The molecule has 31 heavy (non-hydrogen) atoms. The van der Waals surface area contributed by atoms with Crippen LogP contribution >= 0.6 is 0 Å². The number of piperidine rings is 1. The summed E-state index contributed by atoms with van der Waals surface area (Å²) in [6.07, 6.45) is 14.4. The van der Waals surface area contributed by atoms with Crippen molar-refractivity contribution in [1.82, 2.24) is 30.0 Å². The smallest absolute Gasteiger partial charge is 0.135 e. The molecule has 6 rings (SSSR count). The predicted octanol–water partition coefficient (Wildman–Crippen LogP) is 4.62. The van der Waals surface area contributed by atoms with Crippen molar-refractivity contribution in [2.24, 2.45) is 0 Å². The fourth-order valence-corrected chi connectivity index (χ4v) is 4.36. The lowest BCUT2D eigenvalue weighted by molar-refractivity contribution is 0.326. The van der Waals surface area contributed by atoms with Crippen LogP contribution in [0.5, 0.6) is 0 Å². The average Bonchev–Trinajstić information content (AvgIpc) is 3.39. The van der Waals surface area contributed by atoms with E-state index >= 15 is 0 Å². The molecular formula is C25H20N6. The van der Waals surface area contributed by atoms with Gasteiger partial charge in [0.1, 0.15) is 11.2 Å². The Hall–Kier alpha value is -4.07. The highest BCUT2D eigenvalue weighted by molar-refractivity contribution is 5.91. The molecule has 0 bridgehead atoms. The Labute approximate surface area is 180 Å². The highest BCUT2D eigenvalue weighted by Gasteiger charge is 2.21. The summed E-state index contributed by atoms with van der Waals surface area (Å²) in [4.78, 5) is 14.9. The molecule has 6 nitrogen and oxygen atoms in total. The zero-order chi connectivity index (χ0) is 20.6. The topological polar surface area (TPSA) is 73.5 Å². The van der Waals surface area contributed by atoms with E-state index in [2.05, 4.69) is 55.2 Å². The van der Waals surface area contributed by atoms with Gasteiger partial charge in [-0.2, -0.15) is 5.10 Å². The van der Waals surface area contributed by atoms with Gasteiger partial charge in [0.15, 0.2) is 0 Å². The first-order valence-corrected chi connectivity index (χ1v) is 10.6. The summed E-state index contributed by atoms with van der Waals surface area (Å²) >= 11 is 0. The average molecular weight is 404 g/mol. The molecule has 0 unspecified atom stereocenters. The Morgan fingerprint density at radius 3 is 2.90 bits per heavy atom. The second-order valence-electron chi connectivity index (χ2n) is 7.87. The molecule has 1 aliphatic heterocycles. The maximum atomic E-state index is 4.87. The summed E-state index contributed by atoms with van der Waals surface area (Å²) in [6.45, 7) is 2.19. The molecule has 4 aromatic rings. The number of nitrogens with one attached hydrogen (secondary N) is 2. The standard InChI is InChI=1S/C25H20N6/c1-4-13-31(14-5-1)23-9-3-2-8-20-18(23)15-22(27-20)25-24-21(29-30-25)11-10-19(28-24)17-7-6-12-26-16-17/h3,7-11,15-16,27H,1,4-5,13-14H2,(H,29,30). The van der Waals surface area contributed by atoms with Gasteiger partial charge in [-0.05, 0) is 55.7 Å². The van der Waals surface area contributed by atoms with E-state index < -0.39 is 0 Å². The molecule has 4 aromatic heterocycles. The van der Waals surface area contributed by atoms with Crippen LogP contribution in [0.15, 0.2) is 48.3 Å². The van der Waals surface area contributed by atoms with Gasteiger partial charge >= 0.3 is 0 Å². The van der Waals surface area contributed by atoms with E-state index in [1.807, 2.05) is 30.4 Å². The van der Waals surface area contributed by atoms with E-state index in [9.17, 15) is 0 Å². The molecule has 2 aliphatic rings. The number of fused-ring (bicyclic) bond motifs is 2. The molecular weight excluding hydrogens is 384 g/mol. The van der Waals surface area contributed by atoms with Crippen LogP contribution in [-0.4, -0.2) is 43.1 Å². The summed E-state index contributed by atoms with van der Waals surface area (Å²) in [7, 11) is 0. The minimum Gasteiger partial charge on any atom is -0.371 e. The molecule has 1 saturated heterocycles. The Morgan fingerprint density at radius 2 is 2.03 bits per heavy atom. The predicted molar refractivity (Wildman–Crippen MR) is 121 cm³/mol. The second-order valence-corrected chi connectivity index (χ2v) is 7.87. The van der Waals surface area contributed by atoms with Crippen molar-refractivity contribution >= 4 is 22.8 Å². The van der Waals surface area contributed by atoms with E-state index in [0.29, 0.717) is 0 Å². The Kier molecular flexibility index (Phi) is 4.19. The van der Waals surface area contributed by atoms with Crippen LogP contribution in [0.3, 0.4) is 0 Å². The number of H-pyrrole nitrogens is 2. The first-order chi connectivity index (χ1) is 15.4. The van der Waals surface area contributed by atoms with Crippen molar-refractivity contribution in [2.45, 2.75) is 19.3 Å².